The Morgan fingerprint density at radius 3 is 2.64 bits per heavy atom. The standard InChI is InChI=1S/C30H28ClN7O4/c1-18-34-27(37-42-18)20-3-5-24(26(31)15-20)25-14-21-16-33-30(35-22-8-12-41-13-9-22)36-28(21)38(29(25)40)17-23(39)4-2-19-6-10-32-11-7-19/h3,5-7,10-11,14-16,22H,2,4,8-9,12-13,17H2,1H3,(H,33,35,36). The van der Waals surface area contributed by atoms with E-state index in [4.69, 9.17) is 25.8 Å². The number of aromatic nitrogens is 6. The van der Waals surface area contributed by atoms with Crippen LogP contribution in [0.1, 0.15) is 30.7 Å². The van der Waals surface area contributed by atoms with E-state index >= 15 is 0 Å². The molecular weight excluding hydrogens is 558 g/mol. The fourth-order valence-electron chi connectivity index (χ4n) is 4.97. The summed E-state index contributed by atoms with van der Waals surface area (Å²) in [5.41, 5.74) is 2.49. The van der Waals surface area contributed by atoms with E-state index in [2.05, 4.69) is 25.4 Å². The van der Waals surface area contributed by atoms with Gasteiger partial charge in [0.05, 0.1) is 6.54 Å². The Balaban J connectivity index is 1.37. The van der Waals surface area contributed by atoms with E-state index in [1.54, 1.807) is 49.8 Å². The minimum atomic E-state index is -0.375. The number of carbonyl (C=O) groups excluding carboxylic acids is 1. The maximum Gasteiger partial charge on any atom is 0.260 e. The smallest absolute Gasteiger partial charge is 0.260 e. The molecule has 1 aromatic carbocycles. The fourth-order valence-corrected chi connectivity index (χ4v) is 5.25. The number of anilines is 1. The lowest BCUT2D eigenvalue weighted by atomic mass is 10.0. The molecule has 5 aromatic rings. The highest BCUT2D eigenvalue weighted by molar-refractivity contribution is 6.33. The van der Waals surface area contributed by atoms with Gasteiger partial charge >= 0.3 is 0 Å². The number of halogens is 1. The van der Waals surface area contributed by atoms with Crippen LogP contribution in [0, 0.1) is 6.92 Å². The second-order valence-corrected chi connectivity index (χ2v) is 10.6. The maximum absolute atomic E-state index is 14.0. The summed E-state index contributed by atoms with van der Waals surface area (Å²) in [6.07, 6.45) is 7.52. The summed E-state index contributed by atoms with van der Waals surface area (Å²) in [6, 6.07) is 10.8. The molecule has 12 heteroatoms. The van der Waals surface area contributed by atoms with Crippen LogP contribution in [-0.4, -0.2) is 54.7 Å². The Morgan fingerprint density at radius 1 is 1.10 bits per heavy atom. The Hall–Kier alpha value is -4.48. The van der Waals surface area contributed by atoms with Gasteiger partial charge in [0.25, 0.3) is 5.56 Å². The zero-order valence-electron chi connectivity index (χ0n) is 22.9. The lowest BCUT2D eigenvalue weighted by Gasteiger charge is -2.23. The highest BCUT2D eigenvalue weighted by Crippen LogP contribution is 2.31. The first-order valence-electron chi connectivity index (χ1n) is 13.7. The quantitative estimate of drug-likeness (QED) is 0.260. The number of hydrogen-bond donors (Lipinski definition) is 1. The Bertz CT molecular complexity index is 1800. The normalized spacial score (nSPS) is 13.9. The van der Waals surface area contributed by atoms with Crippen LogP contribution in [0.4, 0.5) is 5.95 Å². The number of nitrogens with one attached hydrogen (secondary N) is 1. The Labute approximate surface area is 245 Å². The van der Waals surface area contributed by atoms with Gasteiger partial charge in [0.1, 0.15) is 5.65 Å². The summed E-state index contributed by atoms with van der Waals surface area (Å²) in [7, 11) is 0. The summed E-state index contributed by atoms with van der Waals surface area (Å²) < 4.78 is 12.0. The molecule has 5 heterocycles. The van der Waals surface area contributed by atoms with E-state index in [0.717, 1.165) is 18.4 Å². The van der Waals surface area contributed by atoms with Crippen molar-refractivity contribution in [1.29, 1.82) is 0 Å². The van der Waals surface area contributed by atoms with Crippen LogP contribution in [0.3, 0.4) is 0 Å². The molecule has 1 aliphatic heterocycles. The number of ketones is 1. The van der Waals surface area contributed by atoms with Gasteiger partial charge in [0.15, 0.2) is 5.78 Å². The molecule has 1 saturated heterocycles. The van der Waals surface area contributed by atoms with E-state index in [1.807, 2.05) is 12.1 Å². The Kier molecular flexibility index (Phi) is 8.02. The molecule has 0 amide bonds. The third kappa shape index (κ3) is 6.07. The van der Waals surface area contributed by atoms with Gasteiger partial charge in [0, 0.05) is 78.3 Å². The number of Topliss-reactive ketones (excluding diaryl/α,β-unsaturated/α-hetero) is 1. The van der Waals surface area contributed by atoms with Gasteiger partial charge in [-0.05, 0) is 49.1 Å². The molecule has 214 valence electrons. The number of fused-ring (bicyclic) bond motifs is 1. The van der Waals surface area contributed by atoms with E-state index in [-0.39, 0.29) is 30.3 Å². The second-order valence-electron chi connectivity index (χ2n) is 10.2. The molecule has 11 nitrogen and oxygen atoms in total. The molecule has 0 unspecified atom stereocenters. The van der Waals surface area contributed by atoms with Crippen LogP contribution >= 0.6 is 11.6 Å². The Morgan fingerprint density at radius 2 is 1.90 bits per heavy atom. The number of nitrogens with zero attached hydrogens (tertiary/aromatic N) is 6. The highest BCUT2D eigenvalue weighted by Gasteiger charge is 2.20. The van der Waals surface area contributed by atoms with Crippen molar-refractivity contribution in [1.82, 2.24) is 29.7 Å². The molecule has 4 aromatic heterocycles. The van der Waals surface area contributed by atoms with Gasteiger partial charge in [-0.2, -0.15) is 9.97 Å². The van der Waals surface area contributed by atoms with Gasteiger partial charge in [-0.25, -0.2) is 4.98 Å². The van der Waals surface area contributed by atoms with Crippen LogP contribution in [0.15, 0.2) is 64.3 Å². The van der Waals surface area contributed by atoms with Crippen molar-refractivity contribution in [3.63, 3.8) is 0 Å². The van der Waals surface area contributed by atoms with E-state index in [1.165, 1.54) is 4.57 Å². The monoisotopic (exact) mass is 585 g/mol. The van der Waals surface area contributed by atoms with Crippen molar-refractivity contribution in [2.24, 2.45) is 0 Å². The average Bonchev–Trinajstić information content (AvgIpc) is 3.45. The molecule has 0 atom stereocenters. The summed E-state index contributed by atoms with van der Waals surface area (Å²) in [5.74, 6) is 1.13. The maximum atomic E-state index is 14.0. The van der Waals surface area contributed by atoms with Crippen LogP contribution in [0.2, 0.25) is 5.02 Å². The van der Waals surface area contributed by atoms with Crippen LogP contribution in [0.25, 0.3) is 33.5 Å². The molecule has 1 aliphatic rings. The zero-order chi connectivity index (χ0) is 29.1. The SMILES string of the molecule is Cc1nc(-c2ccc(-c3cc4cnc(NC5CCOCC5)nc4n(CC(=O)CCc4ccncc4)c3=O)c(Cl)c2)no1. The first-order chi connectivity index (χ1) is 20.4. The molecule has 1 N–H and O–H groups in total. The molecule has 42 heavy (non-hydrogen) atoms. The van der Waals surface area contributed by atoms with Gasteiger partial charge < -0.3 is 14.6 Å². The number of rotatable bonds is 9. The summed E-state index contributed by atoms with van der Waals surface area (Å²) in [5, 5.41) is 8.24. The van der Waals surface area contributed by atoms with Crippen molar-refractivity contribution in [3.05, 3.63) is 81.8 Å². The van der Waals surface area contributed by atoms with Gasteiger partial charge in [-0.3, -0.25) is 19.1 Å². The van der Waals surface area contributed by atoms with E-state index in [9.17, 15) is 9.59 Å². The second kappa shape index (κ2) is 12.2. The van der Waals surface area contributed by atoms with Crippen LogP contribution in [0.5, 0.6) is 0 Å². The first-order valence-corrected chi connectivity index (χ1v) is 14.1. The van der Waals surface area contributed by atoms with E-state index in [0.29, 0.717) is 70.0 Å². The predicted octanol–water partition coefficient (Wildman–Crippen LogP) is 4.66. The third-order valence-corrected chi connectivity index (χ3v) is 7.52. The number of benzene rings is 1. The fraction of sp³-hybridized carbons (Fsp3) is 0.300. The predicted molar refractivity (Wildman–Crippen MR) is 157 cm³/mol. The van der Waals surface area contributed by atoms with Crippen molar-refractivity contribution in [2.45, 2.75) is 45.2 Å². The minimum Gasteiger partial charge on any atom is -0.381 e. The molecule has 6 rings (SSSR count). The topological polar surface area (TPSA) is 138 Å². The molecular formula is C30H28ClN7O4. The van der Waals surface area contributed by atoms with Crippen LogP contribution < -0.4 is 10.9 Å². The van der Waals surface area contributed by atoms with Gasteiger partial charge in [0.2, 0.25) is 17.7 Å². The minimum absolute atomic E-state index is 0.0983. The van der Waals surface area contributed by atoms with Crippen molar-refractivity contribution in [2.75, 3.05) is 18.5 Å². The number of hydrogen-bond acceptors (Lipinski definition) is 10. The van der Waals surface area contributed by atoms with Crippen molar-refractivity contribution < 1.29 is 14.1 Å². The molecule has 0 spiro atoms. The van der Waals surface area contributed by atoms with E-state index < -0.39 is 0 Å². The lowest BCUT2D eigenvalue weighted by Crippen LogP contribution is -2.29. The van der Waals surface area contributed by atoms with Crippen molar-refractivity contribution >= 4 is 34.4 Å². The molecule has 0 radical (unpaired) electrons. The number of ether oxygens (including phenoxy) is 1. The zero-order valence-corrected chi connectivity index (χ0v) is 23.7. The molecule has 0 bridgehead atoms. The highest BCUT2D eigenvalue weighted by atomic mass is 35.5. The van der Waals surface area contributed by atoms with Gasteiger partial charge in [-0.1, -0.05) is 28.9 Å². The molecule has 1 fully saturated rings. The largest absolute Gasteiger partial charge is 0.381 e. The summed E-state index contributed by atoms with van der Waals surface area (Å²) in [6.45, 7) is 2.89. The first kappa shape index (κ1) is 27.7. The third-order valence-electron chi connectivity index (χ3n) is 7.20. The average molecular weight is 586 g/mol. The molecule has 0 aliphatic carbocycles. The lowest BCUT2D eigenvalue weighted by molar-refractivity contribution is -0.119. The molecule has 0 saturated carbocycles. The summed E-state index contributed by atoms with van der Waals surface area (Å²) in [4.78, 5) is 44.7. The number of aryl methyl sites for hydroxylation is 2. The van der Waals surface area contributed by atoms with Gasteiger partial charge in [-0.15, -0.1) is 0 Å². The number of carbonyl (C=O) groups is 1. The van der Waals surface area contributed by atoms with Crippen LogP contribution in [-0.2, 0) is 22.5 Å². The number of pyridine rings is 2. The summed E-state index contributed by atoms with van der Waals surface area (Å²) >= 11 is 6.70. The van der Waals surface area contributed by atoms with Crippen molar-refractivity contribution in [3.8, 4) is 22.5 Å².